The molecular weight excluding hydrogens is 139 g/mol. The Labute approximate surface area is 55.5 Å². The second-order valence-corrected chi connectivity index (χ2v) is 6.34. The van der Waals surface area contributed by atoms with Crippen molar-refractivity contribution in [3.8, 4) is 0 Å². The summed E-state index contributed by atoms with van der Waals surface area (Å²) in [6.45, 7) is 6.38. The van der Waals surface area contributed by atoms with Crippen LogP contribution in [0.5, 0.6) is 0 Å². The van der Waals surface area contributed by atoms with Crippen molar-refractivity contribution in [3.05, 3.63) is 6.92 Å². The zero-order chi connectivity index (χ0) is 7.73. The Balaban J connectivity index is 4.30. The van der Waals surface area contributed by atoms with Gasteiger partial charge < -0.3 is 0 Å². The Kier molecular flexibility index (Phi) is 2.24. The number of rotatable bonds is 2. The van der Waals surface area contributed by atoms with Crippen molar-refractivity contribution in [2.45, 2.75) is 19.5 Å². The van der Waals surface area contributed by atoms with E-state index in [2.05, 4.69) is 6.92 Å². The second-order valence-electron chi connectivity index (χ2n) is 2.39. The molecule has 0 rings (SSSR count). The minimum atomic E-state index is -4.32. The second kappa shape index (κ2) is 2.17. The third kappa shape index (κ3) is 2.18. The van der Waals surface area contributed by atoms with E-state index in [1.807, 2.05) is 0 Å². The van der Waals surface area contributed by atoms with Gasteiger partial charge in [0.2, 0.25) is 0 Å². The average Bonchev–Trinajstić information content (AvgIpc) is 1.66. The summed E-state index contributed by atoms with van der Waals surface area (Å²) in [5.74, 6) is 0. The van der Waals surface area contributed by atoms with Crippen molar-refractivity contribution in [3.63, 3.8) is 0 Å². The molecule has 1 atom stereocenters. The Morgan fingerprint density at radius 3 is 1.78 bits per heavy atom. The molecule has 0 amide bonds. The summed E-state index contributed by atoms with van der Waals surface area (Å²) in [6.07, 6.45) is -0.0176. The van der Waals surface area contributed by atoms with E-state index in [0.717, 1.165) is 0 Å². The molecule has 0 aliphatic carbocycles. The van der Waals surface area contributed by atoms with Gasteiger partial charge in [-0.1, -0.05) is 0 Å². The van der Waals surface area contributed by atoms with Gasteiger partial charge in [-0.3, -0.25) is 0 Å². The zero-order valence-electron chi connectivity index (χ0n) is 5.78. The molecule has 0 saturated carbocycles. The fraction of sp³-hybridized carbons (Fsp3) is 0.800. The van der Waals surface area contributed by atoms with Gasteiger partial charge in [0.1, 0.15) is 0 Å². The molecule has 0 aliphatic rings. The molecule has 0 spiro atoms. The van der Waals surface area contributed by atoms with Crippen molar-refractivity contribution in [2.75, 3.05) is 6.16 Å². The van der Waals surface area contributed by atoms with Crippen molar-refractivity contribution < 1.29 is 14.7 Å². The van der Waals surface area contributed by atoms with E-state index in [9.17, 15) is 0 Å². The molecule has 3 nitrogen and oxygen atoms in total. The van der Waals surface area contributed by atoms with Crippen molar-refractivity contribution in [1.82, 2.24) is 0 Å². The van der Waals surface area contributed by atoms with Crippen LogP contribution in [0.3, 0.4) is 0 Å². The van der Waals surface area contributed by atoms with Gasteiger partial charge in [-0.2, -0.15) is 0 Å². The summed E-state index contributed by atoms with van der Waals surface area (Å²) in [5.41, 5.74) is -0.694. The fourth-order valence-electron chi connectivity index (χ4n) is 0.312. The predicted octanol–water partition coefficient (Wildman–Crippen LogP) is 0.504. The van der Waals surface area contributed by atoms with E-state index in [0.29, 0.717) is 0 Å². The molecule has 0 aromatic rings. The third-order valence-corrected chi connectivity index (χ3v) is 4.53. The van der Waals surface area contributed by atoms with Crippen molar-refractivity contribution in [2.24, 2.45) is 0 Å². The van der Waals surface area contributed by atoms with Gasteiger partial charge in [0.15, 0.2) is 0 Å². The molecule has 0 aliphatic heterocycles. The summed E-state index contributed by atoms with van der Waals surface area (Å²) < 4.78 is 0. The Morgan fingerprint density at radius 2 is 1.78 bits per heavy atom. The Morgan fingerprint density at radius 1 is 1.44 bits per heavy atom. The molecule has 3 N–H and O–H groups in total. The Hall–Kier alpha value is 0.310. The fourth-order valence-corrected chi connectivity index (χ4v) is 0.935. The van der Waals surface area contributed by atoms with Crippen LogP contribution in [0.25, 0.3) is 0 Å². The first-order chi connectivity index (χ1) is 3.78. The molecular formula is C5H14O3P. The van der Waals surface area contributed by atoms with Crippen LogP contribution in [-0.2, 0) is 0 Å². The van der Waals surface area contributed by atoms with Crippen LogP contribution < -0.4 is 0 Å². The van der Waals surface area contributed by atoms with Crippen LogP contribution in [0.4, 0.5) is 0 Å². The van der Waals surface area contributed by atoms with Gasteiger partial charge in [0, 0.05) is 0 Å². The van der Waals surface area contributed by atoms with Gasteiger partial charge in [-0.15, -0.1) is 0 Å². The molecule has 1 radical (unpaired) electrons. The molecule has 4 heteroatoms. The van der Waals surface area contributed by atoms with Gasteiger partial charge in [-0.25, -0.2) is 0 Å². The maximum absolute atomic E-state index is 9.04. The van der Waals surface area contributed by atoms with Gasteiger partial charge in [0.25, 0.3) is 0 Å². The van der Waals surface area contributed by atoms with E-state index >= 15 is 0 Å². The molecule has 0 heterocycles. The molecule has 0 fully saturated rings. The summed E-state index contributed by atoms with van der Waals surface area (Å²) in [5, 5.41) is 0. The minimum absolute atomic E-state index is 0.0176. The molecule has 1 unspecified atom stereocenters. The van der Waals surface area contributed by atoms with Crippen LogP contribution >= 0.6 is 7.28 Å². The molecule has 0 aromatic carbocycles. The van der Waals surface area contributed by atoms with Crippen LogP contribution in [0, 0.1) is 6.92 Å². The molecule has 0 saturated heterocycles. The maximum atomic E-state index is 9.04. The van der Waals surface area contributed by atoms with Gasteiger partial charge in [-0.05, 0) is 0 Å². The van der Waals surface area contributed by atoms with Crippen LogP contribution in [-0.4, -0.2) is 26.5 Å². The monoisotopic (exact) mass is 153 g/mol. The summed E-state index contributed by atoms with van der Waals surface area (Å²) >= 11 is 0. The first-order valence-electron chi connectivity index (χ1n) is 2.87. The topological polar surface area (TPSA) is 60.7 Å². The SMILES string of the molecule is [CH2]C(C)P(O)(O)(O)CC. The normalized spacial score (nSPS) is 17.4. The zero-order valence-corrected chi connectivity index (χ0v) is 6.67. The van der Waals surface area contributed by atoms with Gasteiger partial charge in [0.05, 0.1) is 0 Å². The van der Waals surface area contributed by atoms with E-state index < -0.39 is 12.9 Å². The molecule has 0 aromatic heterocycles. The van der Waals surface area contributed by atoms with Crippen LogP contribution in [0.1, 0.15) is 13.8 Å². The predicted molar refractivity (Wildman–Crippen MR) is 38.9 cm³/mol. The van der Waals surface area contributed by atoms with E-state index in [1.165, 1.54) is 13.8 Å². The van der Waals surface area contributed by atoms with Crippen LogP contribution in [0.2, 0.25) is 0 Å². The Bertz CT molecular complexity index is 103. The van der Waals surface area contributed by atoms with E-state index in [1.54, 1.807) is 0 Å². The molecule has 0 bridgehead atoms. The van der Waals surface area contributed by atoms with Gasteiger partial charge >= 0.3 is 54.6 Å². The summed E-state index contributed by atoms with van der Waals surface area (Å²) in [7, 11) is -4.32. The van der Waals surface area contributed by atoms with Crippen LogP contribution in [0.15, 0.2) is 0 Å². The third-order valence-electron chi connectivity index (χ3n) is 1.51. The molecule has 9 heavy (non-hydrogen) atoms. The van der Waals surface area contributed by atoms with Crippen molar-refractivity contribution >= 4 is 7.28 Å². The number of hydrogen-bond acceptors (Lipinski definition) is 3. The van der Waals surface area contributed by atoms with E-state index in [4.69, 9.17) is 14.7 Å². The average molecular weight is 153 g/mol. The number of hydrogen-bond donors (Lipinski definition) is 3. The van der Waals surface area contributed by atoms with E-state index in [-0.39, 0.29) is 6.16 Å². The molecule has 57 valence electrons. The quantitative estimate of drug-likeness (QED) is 0.506. The summed E-state index contributed by atoms with van der Waals surface area (Å²) in [4.78, 5) is 27.1. The van der Waals surface area contributed by atoms with Crippen molar-refractivity contribution in [1.29, 1.82) is 0 Å². The first kappa shape index (κ1) is 9.31. The standard InChI is InChI=1S/C5H14O3P/c1-4-9(6,7,8)5(2)3/h5-8H,2,4H2,1,3H3. The summed E-state index contributed by atoms with van der Waals surface area (Å²) in [6, 6.07) is 0. The first-order valence-corrected chi connectivity index (χ1v) is 5.22.